The molecule has 6 heteroatoms. The Morgan fingerprint density at radius 3 is 2.48 bits per heavy atom. The van der Waals surface area contributed by atoms with Crippen LogP contribution in [-0.4, -0.2) is 22.1 Å². The van der Waals surface area contributed by atoms with E-state index in [-0.39, 0.29) is 23.1 Å². The minimum atomic E-state index is -0.0102. The Kier molecular flexibility index (Phi) is 8.58. The first-order chi connectivity index (χ1) is 14.8. The number of nitrogens with zero attached hydrogens (tertiary/aromatic N) is 1. The van der Waals surface area contributed by atoms with Crippen molar-refractivity contribution in [1.82, 2.24) is 4.31 Å². The molecule has 3 unspecified atom stereocenters. The van der Waals surface area contributed by atoms with E-state index in [1.807, 2.05) is 59.8 Å². The van der Waals surface area contributed by atoms with Gasteiger partial charge in [-0.2, -0.15) is 0 Å². The van der Waals surface area contributed by atoms with E-state index in [4.69, 9.17) is 34.8 Å². The number of carbonyl (C=O) groups excluding carboxylic acids is 1. The molecule has 1 fully saturated rings. The quantitative estimate of drug-likeness (QED) is 0.160. The van der Waals surface area contributed by atoms with Crippen LogP contribution < -0.4 is 0 Å². The van der Waals surface area contributed by atoms with Gasteiger partial charge in [0.05, 0.1) is 10.0 Å². The van der Waals surface area contributed by atoms with Crippen molar-refractivity contribution in [3.8, 4) is 0 Å². The molecule has 0 radical (unpaired) electrons. The fraction of sp³-hybridized carbons (Fsp3) is 0.320. The summed E-state index contributed by atoms with van der Waals surface area (Å²) in [5, 5.41) is 1.10. The summed E-state index contributed by atoms with van der Waals surface area (Å²) in [6.07, 6.45) is 5.76. The van der Waals surface area contributed by atoms with Crippen molar-refractivity contribution in [3.63, 3.8) is 0 Å². The second-order valence-corrected chi connectivity index (χ2v) is 10.6. The van der Waals surface area contributed by atoms with Crippen LogP contribution in [0.15, 0.2) is 77.2 Å². The SMILES string of the molecule is CC(/C=C/C1C(Cl)C1c1ccc(Cl)c(Cl)c1)=C\C(=O)N(CC(C)C)Sc1ccccc1. The van der Waals surface area contributed by atoms with Gasteiger partial charge in [0.25, 0.3) is 5.91 Å². The van der Waals surface area contributed by atoms with E-state index in [1.165, 1.54) is 11.9 Å². The van der Waals surface area contributed by atoms with E-state index in [1.54, 1.807) is 12.1 Å². The van der Waals surface area contributed by atoms with Crippen LogP contribution >= 0.6 is 46.8 Å². The smallest absolute Gasteiger partial charge is 0.256 e. The van der Waals surface area contributed by atoms with Gasteiger partial charge in [-0.15, -0.1) is 11.6 Å². The van der Waals surface area contributed by atoms with Crippen molar-refractivity contribution in [2.24, 2.45) is 11.8 Å². The Labute approximate surface area is 204 Å². The maximum atomic E-state index is 12.9. The molecule has 0 aromatic heterocycles. The van der Waals surface area contributed by atoms with Crippen molar-refractivity contribution >= 4 is 52.7 Å². The molecule has 1 aliphatic carbocycles. The van der Waals surface area contributed by atoms with Crippen LogP contribution in [0, 0.1) is 11.8 Å². The van der Waals surface area contributed by atoms with Crippen molar-refractivity contribution in [2.75, 3.05) is 6.54 Å². The summed E-state index contributed by atoms with van der Waals surface area (Å²) >= 11 is 20.1. The number of halogens is 3. The summed E-state index contributed by atoms with van der Waals surface area (Å²) in [6.45, 7) is 6.84. The zero-order valence-electron chi connectivity index (χ0n) is 17.8. The number of benzene rings is 2. The number of hydrogen-bond acceptors (Lipinski definition) is 2. The van der Waals surface area contributed by atoms with Gasteiger partial charge in [-0.05, 0) is 60.2 Å². The van der Waals surface area contributed by atoms with E-state index in [2.05, 4.69) is 19.9 Å². The van der Waals surface area contributed by atoms with Gasteiger partial charge in [0.1, 0.15) is 0 Å². The largest absolute Gasteiger partial charge is 0.278 e. The molecule has 164 valence electrons. The van der Waals surface area contributed by atoms with Gasteiger partial charge in [-0.25, -0.2) is 0 Å². The predicted octanol–water partition coefficient (Wildman–Crippen LogP) is 8.01. The molecule has 1 amide bonds. The molecule has 0 aliphatic heterocycles. The topological polar surface area (TPSA) is 20.3 Å². The van der Waals surface area contributed by atoms with Gasteiger partial charge < -0.3 is 0 Å². The summed E-state index contributed by atoms with van der Waals surface area (Å²) < 4.78 is 1.82. The third-order valence-electron chi connectivity index (χ3n) is 4.98. The van der Waals surface area contributed by atoms with Crippen LogP contribution in [0.2, 0.25) is 10.0 Å². The van der Waals surface area contributed by atoms with Crippen molar-refractivity contribution < 1.29 is 4.79 Å². The molecule has 1 aliphatic rings. The van der Waals surface area contributed by atoms with Gasteiger partial charge in [-0.3, -0.25) is 9.10 Å². The summed E-state index contributed by atoms with van der Waals surface area (Å²) in [5.41, 5.74) is 1.99. The van der Waals surface area contributed by atoms with E-state index >= 15 is 0 Å². The standard InChI is InChI=1S/C25H26Cl3NOS/c1-16(2)15-29(31-19-7-5-4-6-8-19)23(30)13-17(3)9-11-20-24(25(20)28)18-10-12-21(26)22(27)14-18/h4-14,16,20,24-25H,15H2,1-3H3/b11-9+,17-13+. The van der Waals surface area contributed by atoms with Crippen molar-refractivity contribution in [1.29, 1.82) is 0 Å². The lowest BCUT2D eigenvalue weighted by molar-refractivity contribution is -0.121. The zero-order chi connectivity index (χ0) is 22.5. The molecular weight excluding hydrogens is 469 g/mol. The number of hydrogen-bond donors (Lipinski definition) is 0. The van der Waals surface area contributed by atoms with Crippen molar-refractivity contribution in [3.05, 3.63) is 87.9 Å². The van der Waals surface area contributed by atoms with Gasteiger partial charge in [0, 0.05) is 34.7 Å². The number of rotatable bonds is 8. The molecule has 0 bridgehead atoms. The second-order valence-electron chi connectivity index (χ2n) is 8.17. The average Bonchev–Trinajstić information content (AvgIpc) is 3.37. The van der Waals surface area contributed by atoms with Crippen LogP contribution in [0.4, 0.5) is 0 Å². The highest BCUT2D eigenvalue weighted by molar-refractivity contribution is 7.97. The Bertz CT molecular complexity index is 974. The molecule has 3 atom stereocenters. The first kappa shape index (κ1) is 24.3. The van der Waals surface area contributed by atoms with E-state index in [9.17, 15) is 4.79 Å². The molecule has 2 aromatic rings. The lowest BCUT2D eigenvalue weighted by Crippen LogP contribution is -2.26. The normalized spacial score (nSPS) is 21.0. The molecule has 3 rings (SSSR count). The molecule has 0 spiro atoms. The summed E-state index contributed by atoms with van der Waals surface area (Å²) in [7, 11) is 0. The number of carbonyl (C=O) groups is 1. The van der Waals surface area contributed by atoms with E-state index in [0.717, 1.165) is 16.0 Å². The highest BCUT2D eigenvalue weighted by Gasteiger charge is 2.48. The van der Waals surface area contributed by atoms with Gasteiger partial charge in [0.2, 0.25) is 0 Å². The summed E-state index contributed by atoms with van der Waals surface area (Å²) in [5.74, 6) is 0.786. The highest BCUT2D eigenvalue weighted by atomic mass is 35.5. The predicted molar refractivity (Wildman–Crippen MR) is 134 cm³/mol. The Morgan fingerprint density at radius 1 is 1.13 bits per heavy atom. The Balaban J connectivity index is 1.65. The van der Waals surface area contributed by atoms with E-state index < -0.39 is 0 Å². The summed E-state index contributed by atoms with van der Waals surface area (Å²) in [4.78, 5) is 14.0. The van der Waals surface area contributed by atoms with Gasteiger partial charge in [-0.1, -0.05) is 73.5 Å². The van der Waals surface area contributed by atoms with Crippen LogP contribution in [-0.2, 0) is 4.79 Å². The van der Waals surface area contributed by atoms with Crippen molar-refractivity contribution in [2.45, 2.75) is 37.0 Å². The minimum absolute atomic E-state index is 0.0102. The fourth-order valence-corrected chi connectivity index (χ4v) is 5.16. The third-order valence-corrected chi connectivity index (χ3v) is 7.32. The van der Waals surface area contributed by atoms with Crippen LogP contribution in [0.5, 0.6) is 0 Å². The monoisotopic (exact) mass is 493 g/mol. The minimum Gasteiger partial charge on any atom is -0.278 e. The molecular formula is C25H26Cl3NOS. The average molecular weight is 495 g/mol. The van der Waals surface area contributed by atoms with Gasteiger partial charge >= 0.3 is 0 Å². The maximum Gasteiger partial charge on any atom is 0.256 e. The molecule has 1 saturated carbocycles. The first-order valence-electron chi connectivity index (χ1n) is 10.3. The number of amides is 1. The summed E-state index contributed by atoms with van der Waals surface area (Å²) in [6, 6.07) is 15.6. The van der Waals surface area contributed by atoms with Crippen LogP contribution in [0.25, 0.3) is 0 Å². The first-order valence-corrected chi connectivity index (χ1v) is 12.2. The molecule has 31 heavy (non-hydrogen) atoms. The zero-order valence-corrected chi connectivity index (χ0v) is 20.8. The second kappa shape index (κ2) is 11.0. The molecule has 0 N–H and O–H groups in total. The number of alkyl halides is 1. The molecule has 0 heterocycles. The van der Waals surface area contributed by atoms with Gasteiger partial charge in [0.15, 0.2) is 0 Å². The Morgan fingerprint density at radius 2 is 1.84 bits per heavy atom. The number of allylic oxidation sites excluding steroid dienone is 3. The van der Waals surface area contributed by atoms with Crippen LogP contribution in [0.1, 0.15) is 32.3 Å². The maximum absolute atomic E-state index is 12.9. The third kappa shape index (κ3) is 6.79. The lowest BCUT2D eigenvalue weighted by atomic mass is 10.1. The molecule has 2 aromatic carbocycles. The Hall–Kier alpha value is -1.39. The molecule has 2 nitrogen and oxygen atoms in total. The molecule has 0 saturated heterocycles. The van der Waals surface area contributed by atoms with Crippen LogP contribution in [0.3, 0.4) is 0 Å². The van der Waals surface area contributed by atoms with E-state index in [0.29, 0.717) is 22.5 Å². The highest BCUT2D eigenvalue weighted by Crippen LogP contribution is 2.53. The lowest BCUT2D eigenvalue weighted by Gasteiger charge is -2.22. The fourth-order valence-electron chi connectivity index (χ4n) is 3.34.